The average Bonchev–Trinajstić information content (AvgIpc) is 2.60. The Labute approximate surface area is 148 Å². The van der Waals surface area contributed by atoms with Crippen molar-refractivity contribution < 1.29 is 19.2 Å². The lowest BCUT2D eigenvalue weighted by molar-refractivity contribution is -0.384. The highest BCUT2D eigenvalue weighted by molar-refractivity contribution is 6.19. The smallest absolute Gasteiger partial charge is 0.338 e. The Morgan fingerprint density at radius 2 is 2.12 bits per heavy atom. The summed E-state index contributed by atoms with van der Waals surface area (Å²) in [5.74, 6) is -1.82. The van der Waals surface area contributed by atoms with Gasteiger partial charge in [0.1, 0.15) is 17.4 Å². The van der Waals surface area contributed by atoms with Crippen LogP contribution >= 0.6 is 11.6 Å². The summed E-state index contributed by atoms with van der Waals surface area (Å²) in [5.41, 5.74) is 6.17. The predicted molar refractivity (Wildman–Crippen MR) is 88.1 cm³/mol. The topological polar surface area (TPSA) is 128 Å². The minimum Gasteiger partial charge on any atom is -0.463 e. The number of nitrogens with two attached hydrogens (primary N) is 1. The molecule has 9 heteroatoms. The molecule has 0 bridgehead atoms. The molecular formula is C16H14ClN3O5. The molecular weight excluding hydrogens is 350 g/mol. The molecule has 2 rings (SSSR count). The summed E-state index contributed by atoms with van der Waals surface area (Å²) >= 11 is 5.85. The number of rotatable bonds is 5. The second kappa shape index (κ2) is 7.68. The lowest BCUT2D eigenvalue weighted by atomic mass is 9.83. The Morgan fingerprint density at radius 1 is 1.48 bits per heavy atom. The molecule has 0 spiro atoms. The van der Waals surface area contributed by atoms with Crippen LogP contribution in [0.15, 0.2) is 47.1 Å². The molecule has 1 heterocycles. The van der Waals surface area contributed by atoms with E-state index in [-0.39, 0.29) is 41.0 Å². The number of carbonyl (C=O) groups excluding carboxylic acids is 1. The van der Waals surface area contributed by atoms with Gasteiger partial charge in [-0.15, -0.1) is 11.6 Å². The third-order valence-electron chi connectivity index (χ3n) is 3.55. The number of nitro benzene ring substituents is 1. The SMILES string of the molecule is CCOC(=O)C1=C(CCl)OC(N)=C(C#N)[C@H]1c1ccc([N+](=O)[O-])cc1. The van der Waals surface area contributed by atoms with Gasteiger partial charge < -0.3 is 15.2 Å². The van der Waals surface area contributed by atoms with Crippen LogP contribution in [0, 0.1) is 21.4 Å². The van der Waals surface area contributed by atoms with E-state index in [1.54, 1.807) is 6.92 Å². The van der Waals surface area contributed by atoms with Gasteiger partial charge in [-0.3, -0.25) is 10.1 Å². The van der Waals surface area contributed by atoms with E-state index >= 15 is 0 Å². The molecule has 0 aromatic heterocycles. The van der Waals surface area contributed by atoms with Crippen molar-refractivity contribution in [3.63, 3.8) is 0 Å². The number of nitrogens with zero attached hydrogens (tertiary/aromatic N) is 2. The number of benzene rings is 1. The summed E-state index contributed by atoms with van der Waals surface area (Å²) in [4.78, 5) is 22.7. The van der Waals surface area contributed by atoms with E-state index in [4.69, 9.17) is 26.8 Å². The number of nitriles is 1. The molecule has 0 fully saturated rings. The molecule has 25 heavy (non-hydrogen) atoms. The summed E-state index contributed by atoms with van der Waals surface area (Å²) in [6.07, 6.45) is 0. The Morgan fingerprint density at radius 3 is 2.60 bits per heavy atom. The van der Waals surface area contributed by atoms with Crippen molar-refractivity contribution in [2.45, 2.75) is 12.8 Å². The van der Waals surface area contributed by atoms with Gasteiger partial charge in [0, 0.05) is 12.1 Å². The van der Waals surface area contributed by atoms with Crippen molar-refractivity contribution in [3.8, 4) is 6.07 Å². The van der Waals surface area contributed by atoms with Gasteiger partial charge in [-0.05, 0) is 12.5 Å². The maximum atomic E-state index is 12.4. The van der Waals surface area contributed by atoms with Crippen LogP contribution in [0.5, 0.6) is 0 Å². The lowest BCUT2D eigenvalue weighted by Crippen LogP contribution is -2.26. The number of nitro groups is 1. The maximum Gasteiger partial charge on any atom is 0.338 e. The van der Waals surface area contributed by atoms with E-state index in [9.17, 15) is 20.2 Å². The van der Waals surface area contributed by atoms with E-state index in [2.05, 4.69) is 0 Å². The van der Waals surface area contributed by atoms with Gasteiger partial charge in [0.05, 0.1) is 28.9 Å². The van der Waals surface area contributed by atoms with Gasteiger partial charge in [-0.2, -0.15) is 5.26 Å². The van der Waals surface area contributed by atoms with Crippen molar-refractivity contribution in [1.29, 1.82) is 5.26 Å². The quantitative estimate of drug-likeness (QED) is 0.368. The lowest BCUT2D eigenvalue weighted by Gasteiger charge is -2.27. The fraction of sp³-hybridized carbons (Fsp3) is 0.250. The van der Waals surface area contributed by atoms with Crippen LogP contribution in [0.3, 0.4) is 0 Å². The monoisotopic (exact) mass is 363 g/mol. The normalized spacial score (nSPS) is 16.9. The third kappa shape index (κ3) is 3.56. The molecule has 0 amide bonds. The minimum atomic E-state index is -0.882. The molecule has 8 nitrogen and oxygen atoms in total. The van der Waals surface area contributed by atoms with Gasteiger partial charge in [0.2, 0.25) is 5.88 Å². The number of hydrogen-bond donors (Lipinski definition) is 1. The van der Waals surface area contributed by atoms with Crippen LogP contribution in [0.2, 0.25) is 0 Å². The summed E-state index contributed by atoms with van der Waals surface area (Å²) in [6.45, 7) is 1.75. The van der Waals surface area contributed by atoms with Crippen LogP contribution in [0.25, 0.3) is 0 Å². The number of halogens is 1. The fourth-order valence-corrected chi connectivity index (χ4v) is 2.67. The predicted octanol–water partition coefficient (Wildman–Crippen LogP) is 2.46. The largest absolute Gasteiger partial charge is 0.463 e. The summed E-state index contributed by atoms with van der Waals surface area (Å²) in [7, 11) is 0. The molecule has 130 valence electrons. The average molecular weight is 364 g/mol. The second-order valence-electron chi connectivity index (χ2n) is 4.96. The Bertz CT molecular complexity index is 808. The zero-order valence-corrected chi connectivity index (χ0v) is 13.9. The van der Waals surface area contributed by atoms with E-state index < -0.39 is 16.8 Å². The Balaban J connectivity index is 2.62. The highest BCUT2D eigenvalue weighted by atomic mass is 35.5. The molecule has 1 atom stereocenters. The molecule has 1 aliphatic rings. The van der Waals surface area contributed by atoms with Crippen molar-refractivity contribution >= 4 is 23.3 Å². The zero-order valence-electron chi connectivity index (χ0n) is 13.2. The number of non-ortho nitro benzene ring substituents is 1. The first kappa shape index (κ1) is 18.3. The molecule has 0 saturated heterocycles. The molecule has 0 aliphatic carbocycles. The van der Waals surface area contributed by atoms with Crippen LogP contribution < -0.4 is 5.73 Å². The molecule has 0 saturated carbocycles. The van der Waals surface area contributed by atoms with Gasteiger partial charge in [-0.25, -0.2) is 4.79 Å². The standard InChI is InChI=1S/C16H14ClN3O5/c1-2-24-16(21)14-12(7-17)25-15(19)11(8-18)13(14)9-3-5-10(6-4-9)20(22)23/h3-6,13H,2,7,19H2,1H3/t13-/m1/s1. The van der Waals surface area contributed by atoms with Crippen LogP contribution in [0.4, 0.5) is 5.69 Å². The number of esters is 1. The Kier molecular flexibility index (Phi) is 5.62. The van der Waals surface area contributed by atoms with Crippen molar-refractivity contribution in [1.82, 2.24) is 0 Å². The number of hydrogen-bond acceptors (Lipinski definition) is 7. The van der Waals surface area contributed by atoms with Crippen LogP contribution in [0.1, 0.15) is 18.4 Å². The molecule has 1 aromatic carbocycles. The first-order chi connectivity index (χ1) is 11.9. The molecule has 2 N–H and O–H groups in total. The fourth-order valence-electron chi connectivity index (χ4n) is 2.47. The molecule has 1 aromatic rings. The highest BCUT2D eigenvalue weighted by Gasteiger charge is 2.37. The molecule has 0 unspecified atom stereocenters. The van der Waals surface area contributed by atoms with Gasteiger partial charge in [-0.1, -0.05) is 12.1 Å². The first-order valence-corrected chi connectivity index (χ1v) is 7.76. The highest BCUT2D eigenvalue weighted by Crippen LogP contribution is 2.40. The van der Waals surface area contributed by atoms with Crippen LogP contribution in [-0.4, -0.2) is 23.4 Å². The van der Waals surface area contributed by atoms with Crippen molar-refractivity contribution in [2.24, 2.45) is 5.73 Å². The van der Waals surface area contributed by atoms with Gasteiger partial charge in [0.25, 0.3) is 5.69 Å². The first-order valence-electron chi connectivity index (χ1n) is 7.22. The number of ether oxygens (including phenoxy) is 2. The Hall–Kier alpha value is -3.05. The number of alkyl halides is 1. The zero-order chi connectivity index (χ0) is 18.6. The number of allylic oxidation sites excluding steroid dienone is 2. The van der Waals surface area contributed by atoms with Crippen molar-refractivity contribution in [3.05, 3.63) is 62.7 Å². The van der Waals surface area contributed by atoms with Gasteiger partial charge in [0.15, 0.2) is 0 Å². The minimum absolute atomic E-state index is 0.00535. The summed E-state index contributed by atoms with van der Waals surface area (Å²) < 4.78 is 10.3. The number of carbonyl (C=O) groups is 1. The summed E-state index contributed by atoms with van der Waals surface area (Å²) in [5, 5.41) is 20.3. The van der Waals surface area contributed by atoms with Crippen molar-refractivity contribution in [2.75, 3.05) is 12.5 Å². The van der Waals surface area contributed by atoms with E-state index in [0.717, 1.165) is 0 Å². The summed E-state index contributed by atoms with van der Waals surface area (Å²) in [6, 6.07) is 7.37. The third-order valence-corrected chi connectivity index (χ3v) is 3.79. The van der Waals surface area contributed by atoms with E-state index in [0.29, 0.717) is 5.56 Å². The van der Waals surface area contributed by atoms with Gasteiger partial charge >= 0.3 is 5.97 Å². The second-order valence-corrected chi connectivity index (χ2v) is 5.23. The van der Waals surface area contributed by atoms with E-state index in [1.807, 2.05) is 6.07 Å². The molecule has 0 radical (unpaired) electrons. The maximum absolute atomic E-state index is 12.4. The van der Waals surface area contributed by atoms with E-state index in [1.165, 1.54) is 24.3 Å². The molecule has 1 aliphatic heterocycles. The van der Waals surface area contributed by atoms with Crippen LogP contribution in [-0.2, 0) is 14.3 Å².